The van der Waals surface area contributed by atoms with Crippen molar-refractivity contribution in [3.8, 4) is 0 Å². The lowest BCUT2D eigenvalue weighted by atomic mass is 9.84. The Balaban J connectivity index is 2.91. The van der Waals surface area contributed by atoms with Gasteiger partial charge in [-0.25, -0.2) is 0 Å². The van der Waals surface area contributed by atoms with Gasteiger partial charge >= 0.3 is 0 Å². The molecule has 19 heavy (non-hydrogen) atoms. The van der Waals surface area contributed by atoms with Gasteiger partial charge in [0.15, 0.2) is 0 Å². The van der Waals surface area contributed by atoms with Crippen molar-refractivity contribution in [3.05, 3.63) is 18.0 Å². The van der Waals surface area contributed by atoms with Crippen molar-refractivity contribution in [1.82, 2.24) is 20.1 Å². The summed E-state index contributed by atoms with van der Waals surface area (Å²) < 4.78 is 1.84. The average Bonchev–Trinajstić information content (AvgIpc) is 2.82. The van der Waals surface area contributed by atoms with Gasteiger partial charge in [0.1, 0.15) is 0 Å². The van der Waals surface area contributed by atoms with E-state index in [1.165, 1.54) is 0 Å². The van der Waals surface area contributed by atoms with Gasteiger partial charge in [-0.05, 0) is 32.5 Å². The molecule has 0 amide bonds. The number of nitrogens with two attached hydrogens (primary N) is 1. The standard InChI is InChI=1S/C14H29N5/c1-6-14(4,19(7-2)8-3)13(16-15)11-12-9-10-18(5)17-12/h9-10,13,16H,6-8,11,15H2,1-5H3. The minimum atomic E-state index is 0.0375. The van der Waals surface area contributed by atoms with Gasteiger partial charge in [-0.15, -0.1) is 0 Å². The summed E-state index contributed by atoms with van der Waals surface area (Å²) in [5.74, 6) is 5.83. The van der Waals surface area contributed by atoms with Crippen LogP contribution in [0.1, 0.15) is 39.8 Å². The smallest absolute Gasteiger partial charge is 0.0641 e. The molecule has 0 aliphatic carbocycles. The zero-order chi connectivity index (χ0) is 14.5. The van der Waals surface area contributed by atoms with Crippen LogP contribution in [0.3, 0.4) is 0 Å². The molecule has 0 fully saturated rings. The first-order valence-electron chi connectivity index (χ1n) is 7.21. The topological polar surface area (TPSA) is 59.1 Å². The molecular weight excluding hydrogens is 238 g/mol. The van der Waals surface area contributed by atoms with E-state index in [9.17, 15) is 0 Å². The Morgan fingerprint density at radius 2 is 2.05 bits per heavy atom. The van der Waals surface area contributed by atoms with Crippen LogP contribution in [-0.4, -0.2) is 39.4 Å². The zero-order valence-corrected chi connectivity index (χ0v) is 13.0. The van der Waals surface area contributed by atoms with Crippen molar-refractivity contribution in [1.29, 1.82) is 0 Å². The number of aromatic nitrogens is 2. The SMILES string of the molecule is CCN(CC)C(C)(CC)C(Cc1ccn(C)n1)NN. The van der Waals surface area contributed by atoms with E-state index in [-0.39, 0.29) is 11.6 Å². The molecule has 3 N–H and O–H groups in total. The maximum atomic E-state index is 5.83. The van der Waals surface area contributed by atoms with Gasteiger partial charge in [0.05, 0.1) is 5.69 Å². The van der Waals surface area contributed by atoms with E-state index in [2.05, 4.69) is 49.2 Å². The Bertz CT molecular complexity index is 372. The van der Waals surface area contributed by atoms with Crippen LogP contribution < -0.4 is 11.3 Å². The number of hydrogen-bond acceptors (Lipinski definition) is 4. The van der Waals surface area contributed by atoms with Crippen LogP contribution >= 0.6 is 0 Å². The minimum absolute atomic E-state index is 0.0375. The second-order valence-electron chi connectivity index (χ2n) is 5.29. The Kier molecular flexibility index (Phi) is 5.97. The van der Waals surface area contributed by atoms with E-state index >= 15 is 0 Å². The maximum Gasteiger partial charge on any atom is 0.0641 e. The predicted molar refractivity (Wildman–Crippen MR) is 79.6 cm³/mol. The van der Waals surface area contributed by atoms with Crippen LogP contribution in [0, 0.1) is 0 Å². The molecule has 0 spiro atoms. The van der Waals surface area contributed by atoms with Gasteiger partial charge in [-0.3, -0.25) is 20.9 Å². The quantitative estimate of drug-likeness (QED) is 0.551. The number of nitrogens with zero attached hydrogens (tertiary/aromatic N) is 3. The lowest BCUT2D eigenvalue weighted by Crippen LogP contribution is -2.61. The molecule has 2 atom stereocenters. The summed E-state index contributed by atoms with van der Waals surface area (Å²) in [5, 5.41) is 4.46. The fourth-order valence-electron chi connectivity index (χ4n) is 2.88. The van der Waals surface area contributed by atoms with Crippen LogP contribution in [-0.2, 0) is 13.5 Å². The number of rotatable bonds is 8. The van der Waals surface area contributed by atoms with Crippen LogP contribution in [0.15, 0.2) is 12.3 Å². The van der Waals surface area contributed by atoms with E-state index in [0.717, 1.165) is 31.6 Å². The first kappa shape index (κ1) is 16.1. The Morgan fingerprint density at radius 3 is 2.42 bits per heavy atom. The first-order valence-corrected chi connectivity index (χ1v) is 7.21. The third-order valence-electron chi connectivity index (χ3n) is 4.34. The van der Waals surface area contributed by atoms with Crippen molar-refractivity contribution in [2.45, 2.75) is 52.1 Å². The Labute approximate surface area is 117 Å². The van der Waals surface area contributed by atoms with Crippen molar-refractivity contribution < 1.29 is 0 Å². The second-order valence-corrected chi connectivity index (χ2v) is 5.29. The fourth-order valence-corrected chi connectivity index (χ4v) is 2.88. The lowest BCUT2D eigenvalue weighted by molar-refractivity contribution is 0.0697. The third kappa shape index (κ3) is 3.55. The fraction of sp³-hybridized carbons (Fsp3) is 0.786. The Hall–Kier alpha value is -0.910. The highest BCUT2D eigenvalue weighted by Crippen LogP contribution is 2.25. The molecule has 0 radical (unpaired) electrons. The number of likely N-dealkylation sites (N-methyl/N-ethyl adjacent to an activating group) is 1. The highest BCUT2D eigenvalue weighted by molar-refractivity contribution is 5.06. The summed E-state index contributed by atoms with van der Waals surface area (Å²) in [4.78, 5) is 2.47. The van der Waals surface area contributed by atoms with Gasteiger partial charge in [0, 0.05) is 31.2 Å². The molecule has 0 saturated heterocycles. The van der Waals surface area contributed by atoms with Crippen molar-refractivity contribution >= 4 is 0 Å². The van der Waals surface area contributed by atoms with Gasteiger partial charge in [-0.1, -0.05) is 20.8 Å². The molecule has 5 nitrogen and oxygen atoms in total. The highest BCUT2D eigenvalue weighted by Gasteiger charge is 2.36. The summed E-state index contributed by atoms with van der Waals surface area (Å²) in [6.45, 7) is 11.0. The van der Waals surface area contributed by atoms with Crippen LogP contribution in [0.5, 0.6) is 0 Å². The first-order chi connectivity index (χ1) is 9.01. The minimum Gasteiger partial charge on any atom is -0.297 e. The largest absolute Gasteiger partial charge is 0.297 e. The van der Waals surface area contributed by atoms with Crippen LogP contribution in [0.4, 0.5) is 0 Å². The lowest BCUT2D eigenvalue weighted by Gasteiger charge is -2.45. The van der Waals surface area contributed by atoms with Crippen molar-refractivity contribution in [2.24, 2.45) is 12.9 Å². The van der Waals surface area contributed by atoms with Gasteiger partial charge in [0.2, 0.25) is 0 Å². The molecule has 1 aromatic rings. The van der Waals surface area contributed by atoms with Gasteiger partial charge < -0.3 is 0 Å². The van der Waals surface area contributed by atoms with Gasteiger partial charge in [0.25, 0.3) is 0 Å². The van der Waals surface area contributed by atoms with E-state index in [4.69, 9.17) is 5.84 Å². The molecule has 0 aromatic carbocycles. The monoisotopic (exact) mass is 267 g/mol. The molecule has 1 rings (SSSR count). The average molecular weight is 267 g/mol. The predicted octanol–water partition coefficient (Wildman–Crippen LogP) is 1.31. The van der Waals surface area contributed by atoms with Crippen LogP contribution in [0.25, 0.3) is 0 Å². The van der Waals surface area contributed by atoms with E-state index < -0.39 is 0 Å². The second kappa shape index (κ2) is 7.03. The molecular formula is C14H29N5. The highest BCUT2D eigenvalue weighted by atomic mass is 15.3. The summed E-state index contributed by atoms with van der Waals surface area (Å²) in [7, 11) is 1.94. The molecule has 1 aromatic heterocycles. The maximum absolute atomic E-state index is 5.83. The number of hydrazine groups is 1. The molecule has 2 unspecified atom stereocenters. The van der Waals surface area contributed by atoms with E-state index in [0.29, 0.717) is 0 Å². The van der Waals surface area contributed by atoms with Gasteiger partial charge in [-0.2, -0.15) is 5.10 Å². The third-order valence-corrected chi connectivity index (χ3v) is 4.34. The number of hydrogen-bond donors (Lipinski definition) is 2. The Morgan fingerprint density at radius 1 is 1.42 bits per heavy atom. The molecule has 1 heterocycles. The van der Waals surface area contributed by atoms with Crippen molar-refractivity contribution in [3.63, 3.8) is 0 Å². The summed E-state index contributed by atoms with van der Waals surface area (Å²) in [6, 6.07) is 2.25. The summed E-state index contributed by atoms with van der Waals surface area (Å²) in [6.07, 6.45) is 3.87. The molecule has 0 saturated carbocycles. The summed E-state index contributed by atoms with van der Waals surface area (Å²) >= 11 is 0. The molecule has 110 valence electrons. The van der Waals surface area contributed by atoms with E-state index in [1.807, 2.05) is 17.9 Å². The van der Waals surface area contributed by atoms with Crippen molar-refractivity contribution in [2.75, 3.05) is 13.1 Å². The number of aryl methyl sites for hydroxylation is 1. The number of nitrogens with one attached hydrogen (secondary N) is 1. The van der Waals surface area contributed by atoms with E-state index in [1.54, 1.807) is 0 Å². The zero-order valence-electron chi connectivity index (χ0n) is 13.0. The molecule has 0 aliphatic heterocycles. The summed E-state index contributed by atoms with van der Waals surface area (Å²) in [5.41, 5.74) is 4.13. The normalized spacial score (nSPS) is 16.6. The molecule has 5 heteroatoms. The molecule has 0 aliphatic rings. The molecule has 0 bridgehead atoms. The van der Waals surface area contributed by atoms with Crippen LogP contribution in [0.2, 0.25) is 0 Å².